The fraction of sp³-hybridized carbons (Fsp3) is 0.364. The van der Waals surface area contributed by atoms with Crippen molar-refractivity contribution in [2.24, 2.45) is 0 Å². The van der Waals surface area contributed by atoms with Crippen LogP contribution in [0.5, 0.6) is 0 Å². The van der Waals surface area contributed by atoms with Gasteiger partial charge in [-0.25, -0.2) is 12.8 Å². The van der Waals surface area contributed by atoms with Crippen LogP contribution < -0.4 is 0 Å². The average molecular weight is 325 g/mol. The van der Waals surface area contributed by atoms with Crippen LogP contribution in [0.1, 0.15) is 13.8 Å². The maximum absolute atomic E-state index is 13.6. The SMILES string of the molecule is CC(C)N(CC#N)S(=O)(=O)c1ccc(Cl)c(F)c1Cl. The van der Waals surface area contributed by atoms with Crippen molar-refractivity contribution in [1.82, 2.24) is 4.31 Å². The van der Waals surface area contributed by atoms with Crippen LogP contribution in [0.2, 0.25) is 10.0 Å². The van der Waals surface area contributed by atoms with Crippen LogP contribution in [0, 0.1) is 17.1 Å². The van der Waals surface area contributed by atoms with Gasteiger partial charge in [-0.3, -0.25) is 0 Å². The Bertz CT molecular complexity index is 626. The summed E-state index contributed by atoms with van der Waals surface area (Å²) in [4.78, 5) is -0.403. The topological polar surface area (TPSA) is 61.2 Å². The predicted molar refractivity (Wildman–Crippen MR) is 71.1 cm³/mol. The lowest BCUT2D eigenvalue weighted by molar-refractivity contribution is 0.385. The Morgan fingerprint density at radius 3 is 2.47 bits per heavy atom. The third-order valence-corrected chi connectivity index (χ3v) is 5.23. The zero-order valence-electron chi connectivity index (χ0n) is 10.2. The van der Waals surface area contributed by atoms with E-state index < -0.39 is 31.8 Å². The minimum atomic E-state index is -4.05. The van der Waals surface area contributed by atoms with Gasteiger partial charge in [-0.15, -0.1) is 0 Å². The number of nitrogens with zero attached hydrogens (tertiary/aromatic N) is 2. The Kier molecular flexibility index (Phi) is 5.16. The summed E-state index contributed by atoms with van der Waals surface area (Å²) in [5.41, 5.74) is 0. The first-order valence-electron chi connectivity index (χ1n) is 5.25. The predicted octanol–water partition coefficient (Wildman–Crippen LogP) is 3.06. The molecule has 0 aliphatic carbocycles. The molecule has 1 rings (SSSR count). The molecule has 1 aromatic carbocycles. The van der Waals surface area contributed by atoms with Crippen LogP contribution in [0.15, 0.2) is 17.0 Å². The van der Waals surface area contributed by atoms with Crippen LogP contribution >= 0.6 is 23.2 Å². The normalized spacial score (nSPS) is 11.9. The van der Waals surface area contributed by atoms with Crippen molar-refractivity contribution in [3.05, 3.63) is 28.0 Å². The molecule has 8 heteroatoms. The van der Waals surface area contributed by atoms with Crippen molar-refractivity contribution in [1.29, 1.82) is 5.26 Å². The molecule has 0 amide bonds. The third kappa shape index (κ3) is 3.18. The highest BCUT2D eigenvalue weighted by molar-refractivity contribution is 7.89. The molecule has 1 aromatic rings. The summed E-state index contributed by atoms with van der Waals surface area (Å²) in [6.45, 7) is 2.87. The van der Waals surface area contributed by atoms with E-state index in [-0.39, 0.29) is 11.6 Å². The van der Waals surface area contributed by atoms with Gasteiger partial charge in [0.2, 0.25) is 10.0 Å². The van der Waals surface area contributed by atoms with Gasteiger partial charge in [0, 0.05) is 6.04 Å². The molecular weight excluding hydrogens is 314 g/mol. The molecule has 0 aliphatic rings. The van der Waals surface area contributed by atoms with Gasteiger partial charge in [0.1, 0.15) is 11.4 Å². The van der Waals surface area contributed by atoms with Crippen LogP contribution in [0.25, 0.3) is 0 Å². The summed E-state index contributed by atoms with van der Waals surface area (Å²) >= 11 is 11.2. The highest BCUT2D eigenvalue weighted by Gasteiger charge is 2.30. The first-order chi connectivity index (χ1) is 8.73. The van der Waals surface area contributed by atoms with Gasteiger partial charge >= 0.3 is 0 Å². The van der Waals surface area contributed by atoms with E-state index >= 15 is 0 Å². The molecule has 19 heavy (non-hydrogen) atoms. The molecule has 0 aliphatic heterocycles. The quantitative estimate of drug-likeness (QED) is 0.631. The maximum atomic E-state index is 13.6. The van der Waals surface area contributed by atoms with Crippen molar-refractivity contribution in [3.63, 3.8) is 0 Å². The Morgan fingerprint density at radius 2 is 2.00 bits per heavy atom. The molecule has 0 spiro atoms. The van der Waals surface area contributed by atoms with Gasteiger partial charge < -0.3 is 0 Å². The number of nitriles is 1. The van der Waals surface area contributed by atoms with Gasteiger partial charge in [0.15, 0.2) is 5.82 Å². The molecule has 0 N–H and O–H groups in total. The molecule has 4 nitrogen and oxygen atoms in total. The standard InChI is InChI=1S/C11H11Cl2FN2O2S/c1-7(2)16(6-5-15)19(17,18)9-4-3-8(12)11(14)10(9)13/h3-4,7H,6H2,1-2H3. The molecule has 0 heterocycles. The Labute approximate surface area is 121 Å². The van der Waals surface area contributed by atoms with Gasteiger partial charge in [-0.1, -0.05) is 23.2 Å². The maximum Gasteiger partial charge on any atom is 0.245 e. The molecule has 0 saturated carbocycles. The highest BCUT2D eigenvalue weighted by atomic mass is 35.5. The van der Waals surface area contributed by atoms with Crippen molar-refractivity contribution < 1.29 is 12.8 Å². The third-order valence-electron chi connectivity index (χ3n) is 2.39. The molecule has 0 unspecified atom stereocenters. The van der Waals surface area contributed by atoms with Crippen LogP contribution in [0.4, 0.5) is 4.39 Å². The number of sulfonamides is 1. The molecule has 0 fully saturated rings. The first kappa shape index (κ1) is 16.2. The van der Waals surface area contributed by atoms with Gasteiger partial charge in [0.05, 0.1) is 16.1 Å². The summed E-state index contributed by atoms with van der Waals surface area (Å²) in [6.07, 6.45) is 0. The zero-order valence-corrected chi connectivity index (χ0v) is 12.5. The van der Waals surface area contributed by atoms with Crippen LogP contribution in [-0.4, -0.2) is 25.3 Å². The molecule has 104 valence electrons. The Morgan fingerprint density at radius 1 is 1.42 bits per heavy atom. The fourth-order valence-electron chi connectivity index (χ4n) is 1.45. The van der Waals surface area contributed by atoms with Crippen molar-refractivity contribution in [2.75, 3.05) is 6.54 Å². The number of benzene rings is 1. The average Bonchev–Trinajstić information content (AvgIpc) is 2.32. The van der Waals surface area contributed by atoms with Crippen molar-refractivity contribution in [2.45, 2.75) is 24.8 Å². The van der Waals surface area contributed by atoms with E-state index in [0.717, 1.165) is 16.4 Å². The molecule has 0 saturated heterocycles. The van der Waals surface area contributed by atoms with Gasteiger partial charge in [-0.2, -0.15) is 9.57 Å². The van der Waals surface area contributed by atoms with E-state index in [0.29, 0.717) is 0 Å². The molecule has 0 atom stereocenters. The van der Waals surface area contributed by atoms with E-state index in [4.69, 9.17) is 28.5 Å². The number of halogens is 3. The van der Waals surface area contributed by atoms with E-state index in [9.17, 15) is 12.8 Å². The second-order valence-corrected chi connectivity index (χ2v) is 6.62. The minimum absolute atomic E-state index is 0.264. The monoisotopic (exact) mass is 324 g/mol. The molecule has 0 radical (unpaired) electrons. The summed E-state index contributed by atoms with van der Waals surface area (Å²) in [5.74, 6) is -0.995. The Balaban J connectivity index is 3.43. The fourth-order valence-corrected chi connectivity index (χ4v) is 3.70. The summed E-state index contributed by atoms with van der Waals surface area (Å²) in [6, 6.07) is 3.53. The number of hydrogen-bond acceptors (Lipinski definition) is 3. The molecule has 0 bridgehead atoms. The van der Waals surface area contributed by atoms with Crippen LogP contribution in [-0.2, 0) is 10.0 Å². The number of rotatable bonds is 4. The summed E-state index contributed by atoms with van der Waals surface area (Å²) < 4.78 is 39.1. The summed E-state index contributed by atoms with van der Waals surface area (Å²) in [5, 5.41) is 7.84. The van der Waals surface area contributed by atoms with Crippen molar-refractivity contribution >= 4 is 33.2 Å². The van der Waals surface area contributed by atoms with Crippen LogP contribution in [0.3, 0.4) is 0 Å². The smallest absolute Gasteiger partial charge is 0.207 e. The van der Waals surface area contributed by atoms with Gasteiger partial charge in [-0.05, 0) is 26.0 Å². The van der Waals surface area contributed by atoms with Crippen molar-refractivity contribution in [3.8, 4) is 6.07 Å². The van der Waals surface area contributed by atoms with E-state index in [1.165, 1.54) is 0 Å². The lowest BCUT2D eigenvalue weighted by Crippen LogP contribution is -2.37. The lowest BCUT2D eigenvalue weighted by Gasteiger charge is -2.23. The Hall–Kier alpha value is -0.870. The van der Waals surface area contributed by atoms with Gasteiger partial charge in [0.25, 0.3) is 0 Å². The van der Waals surface area contributed by atoms with E-state index in [1.54, 1.807) is 19.9 Å². The second kappa shape index (κ2) is 6.06. The number of hydrogen-bond donors (Lipinski definition) is 0. The lowest BCUT2D eigenvalue weighted by atomic mass is 10.3. The van der Waals surface area contributed by atoms with E-state index in [1.807, 2.05) is 0 Å². The summed E-state index contributed by atoms with van der Waals surface area (Å²) in [7, 11) is -4.05. The largest absolute Gasteiger partial charge is 0.245 e. The molecular formula is C11H11Cl2FN2O2S. The minimum Gasteiger partial charge on any atom is -0.207 e. The molecule has 0 aromatic heterocycles. The highest BCUT2D eigenvalue weighted by Crippen LogP contribution is 2.31. The van der Waals surface area contributed by atoms with E-state index in [2.05, 4.69) is 0 Å². The second-order valence-electron chi connectivity index (χ2n) is 3.98. The first-order valence-corrected chi connectivity index (χ1v) is 7.45. The zero-order chi connectivity index (χ0) is 14.8.